The Balaban J connectivity index is 2.31. The zero-order valence-corrected chi connectivity index (χ0v) is 10.2. The normalized spacial score (nSPS) is 16.7. The lowest BCUT2D eigenvalue weighted by Gasteiger charge is -2.23. The Bertz CT molecular complexity index is 541. The Morgan fingerprint density at radius 3 is 2.32 bits per heavy atom. The van der Waals surface area contributed by atoms with Crippen LogP contribution in [0.1, 0.15) is 12.0 Å². The van der Waals surface area contributed by atoms with Crippen molar-refractivity contribution in [2.75, 3.05) is 0 Å². The first-order valence-corrected chi connectivity index (χ1v) is 5.93. The maximum atomic E-state index is 11.3. The molecule has 19 heavy (non-hydrogen) atoms. The van der Waals surface area contributed by atoms with Crippen LogP contribution in [0.15, 0.2) is 54.1 Å². The van der Waals surface area contributed by atoms with Gasteiger partial charge in [-0.05, 0) is 24.0 Å². The first kappa shape index (κ1) is 13.1. The van der Waals surface area contributed by atoms with Crippen molar-refractivity contribution in [3.63, 3.8) is 0 Å². The number of hydrogen-bond acceptors (Lipinski definition) is 2. The Kier molecular flexibility index (Phi) is 3.51. The lowest BCUT2D eigenvalue weighted by Crippen LogP contribution is -2.38. The molecule has 0 atom stereocenters. The second-order valence-corrected chi connectivity index (χ2v) is 4.57. The number of benzene rings is 1. The van der Waals surface area contributed by atoms with Gasteiger partial charge in [-0.2, -0.15) is 0 Å². The van der Waals surface area contributed by atoms with E-state index < -0.39 is 17.4 Å². The summed E-state index contributed by atoms with van der Waals surface area (Å²) in [6, 6.07) is 9.53. The minimum atomic E-state index is -1.83. The van der Waals surface area contributed by atoms with Crippen molar-refractivity contribution in [1.82, 2.24) is 0 Å². The van der Waals surface area contributed by atoms with Crippen molar-refractivity contribution < 1.29 is 19.8 Å². The van der Waals surface area contributed by atoms with Crippen LogP contribution >= 0.6 is 0 Å². The molecular weight excluding hydrogens is 244 g/mol. The van der Waals surface area contributed by atoms with Gasteiger partial charge in [-0.1, -0.05) is 48.6 Å². The standard InChI is InChI=1S/C15H14O4/c16-13(17)15(14(18)19)8-4-7-12(10-15)9-11-5-2-1-3-6-11/h1-7,10H,8-9H2,(H,16,17)(H,18,19). The number of carboxylic acid groups (broad SMARTS) is 2. The van der Waals surface area contributed by atoms with Gasteiger partial charge in [0.1, 0.15) is 0 Å². The Morgan fingerprint density at radius 1 is 1.11 bits per heavy atom. The predicted molar refractivity (Wildman–Crippen MR) is 69.7 cm³/mol. The highest BCUT2D eigenvalue weighted by Crippen LogP contribution is 2.32. The monoisotopic (exact) mass is 258 g/mol. The summed E-state index contributed by atoms with van der Waals surface area (Å²) in [4.78, 5) is 22.5. The third kappa shape index (κ3) is 2.57. The molecule has 0 saturated heterocycles. The summed E-state index contributed by atoms with van der Waals surface area (Å²) in [6.45, 7) is 0. The van der Waals surface area contributed by atoms with Crippen molar-refractivity contribution in [2.24, 2.45) is 5.41 Å². The second kappa shape index (κ2) is 5.10. The van der Waals surface area contributed by atoms with E-state index in [1.165, 1.54) is 6.08 Å². The highest BCUT2D eigenvalue weighted by molar-refractivity contribution is 6.01. The summed E-state index contributed by atoms with van der Waals surface area (Å²) >= 11 is 0. The van der Waals surface area contributed by atoms with Crippen LogP contribution in [0.5, 0.6) is 0 Å². The molecule has 0 saturated carbocycles. The van der Waals surface area contributed by atoms with E-state index in [1.54, 1.807) is 12.2 Å². The molecule has 1 aromatic rings. The molecule has 4 nitrogen and oxygen atoms in total. The molecule has 2 rings (SSSR count). The van der Waals surface area contributed by atoms with Gasteiger partial charge in [-0.15, -0.1) is 0 Å². The first-order chi connectivity index (χ1) is 9.04. The Hall–Kier alpha value is -2.36. The molecule has 98 valence electrons. The first-order valence-electron chi connectivity index (χ1n) is 5.93. The number of carbonyl (C=O) groups is 2. The fourth-order valence-corrected chi connectivity index (χ4v) is 2.15. The molecule has 0 aromatic heterocycles. The van der Waals surface area contributed by atoms with Crippen LogP contribution < -0.4 is 0 Å². The molecule has 1 aliphatic rings. The summed E-state index contributed by atoms with van der Waals surface area (Å²) in [5.74, 6) is -2.65. The summed E-state index contributed by atoms with van der Waals surface area (Å²) in [5, 5.41) is 18.4. The van der Waals surface area contributed by atoms with E-state index in [1.807, 2.05) is 30.3 Å². The van der Waals surface area contributed by atoms with Gasteiger partial charge in [0.25, 0.3) is 0 Å². The van der Waals surface area contributed by atoms with Gasteiger partial charge in [-0.3, -0.25) is 9.59 Å². The van der Waals surface area contributed by atoms with Crippen LogP contribution in [-0.2, 0) is 16.0 Å². The van der Waals surface area contributed by atoms with Crippen molar-refractivity contribution in [3.8, 4) is 0 Å². The molecular formula is C15H14O4. The van der Waals surface area contributed by atoms with Gasteiger partial charge in [0.15, 0.2) is 5.41 Å². The van der Waals surface area contributed by atoms with Crippen molar-refractivity contribution in [2.45, 2.75) is 12.8 Å². The largest absolute Gasteiger partial charge is 0.480 e. The van der Waals surface area contributed by atoms with Crippen LogP contribution in [0.4, 0.5) is 0 Å². The van der Waals surface area contributed by atoms with Crippen LogP contribution in [0, 0.1) is 5.41 Å². The molecule has 1 aromatic carbocycles. The summed E-state index contributed by atoms with van der Waals surface area (Å²) in [6.07, 6.45) is 5.26. The molecule has 0 unspecified atom stereocenters. The molecule has 0 fully saturated rings. The molecule has 0 aliphatic heterocycles. The maximum absolute atomic E-state index is 11.3. The van der Waals surface area contributed by atoms with E-state index in [2.05, 4.69) is 0 Å². The number of hydrogen-bond donors (Lipinski definition) is 2. The molecule has 1 aliphatic carbocycles. The van der Waals surface area contributed by atoms with Crippen LogP contribution in [0.2, 0.25) is 0 Å². The van der Waals surface area contributed by atoms with Crippen LogP contribution in [0.3, 0.4) is 0 Å². The van der Waals surface area contributed by atoms with E-state index in [-0.39, 0.29) is 6.42 Å². The summed E-state index contributed by atoms with van der Waals surface area (Å²) < 4.78 is 0. The number of rotatable bonds is 4. The van der Waals surface area contributed by atoms with Gasteiger partial charge in [0.2, 0.25) is 0 Å². The van der Waals surface area contributed by atoms with Crippen LogP contribution in [-0.4, -0.2) is 22.2 Å². The van der Waals surface area contributed by atoms with Crippen molar-refractivity contribution >= 4 is 11.9 Å². The van der Waals surface area contributed by atoms with E-state index in [0.717, 1.165) is 5.56 Å². The zero-order chi connectivity index (χ0) is 13.9. The molecule has 2 N–H and O–H groups in total. The SMILES string of the molecule is O=C(O)C1(C(=O)O)C=C(Cc2ccccc2)C=CC1. The van der Waals surface area contributed by atoms with Gasteiger partial charge >= 0.3 is 11.9 Å². The fourth-order valence-electron chi connectivity index (χ4n) is 2.15. The van der Waals surface area contributed by atoms with Crippen LogP contribution in [0.25, 0.3) is 0 Å². The van der Waals surface area contributed by atoms with E-state index in [4.69, 9.17) is 0 Å². The molecule has 0 heterocycles. The molecule has 0 bridgehead atoms. The molecule has 4 heteroatoms. The van der Waals surface area contributed by atoms with Crippen molar-refractivity contribution in [1.29, 1.82) is 0 Å². The third-order valence-corrected chi connectivity index (χ3v) is 3.22. The fraction of sp³-hybridized carbons (Fsp3) is 0.200. The highest BCUT2D eigenvalue weighted by atomic mass is 16.4. The topological polar surface area (TPSA) is 74.6 Å². The molecule has 0 spiro atoms. The lowest BCUT2D eigenvalue weighted by molar-refractivity contribution is -0.160. The van der Waals surface area contributed by atoms with E-state index in [0.29, 0.717) is 12.0 Å². The minimum Gasteiger partial charge on any atom is -0.480 e. The summed E-state index contributed by atoms with van der Waals surface area (Å²) in [5.41, 5.74) is -0.106. The lowest BCUT2D eigenvalue weighted by atomic mass is 9.78. The van der Waals surface area contributed by atoms with Crippen molar-refractivity contribution in [3.05, 3.63) is 59.7 Å². The second-order valence-electron chi connectivity index (χ2n) is 4.57. The Morgan fingerprint density at radius 2 is 1.74 bits per heavy atom. The van der Waals surface area contributed by atoms with Gasteiger partial charge in [-0.25, -0.2) is 0 Å². The molecule has 0 amide bonds. The highest BCUT2D eigenvalue weighted by Gasteiger charge is 2.44. The smallest absolute Gasteiger partial charge is 0.325 e. The minimum absolute atomic E-state index is 0.0179. The van der Waals surface area contributed by atoms with Gasteiger partial charge in [0, 0.05) is 0 Å². The van der Waals surface area contributed by atoms with Gasteiger partial charge in [0.05, 0.1) is 0 Å². The number of carboxylic acids is 2. The maximum Gasteiger partial charge on any atom is 0.325 e. The summed E-state index contributed by atoms with van der Waals surface area (Å²) in [7, 11) is 0. The molecule has 0 radical (unpaired) electrons. The number of aliphatic carboxylic acids is 2. The average molecular weight is 258 g/mol. The van der Waals surface area contributed by atoms with Gasteiger partial charge < -0.3 is 10.2 Å². The quantitative estimate of drug-likeness (QED) is 0.812. The third-order valence-electron chi connectivity index (χ3n) is 3.22. The number of allylic oxidation sites excluding steroid dienone is 3. The van der Waals surface area contributed by atoms with E-state index >= 15 is 0 Å². The Labute approximate surface area is 110 Å². The average Bonchev–Trinajstić information content (AvgIpc) is 2.39. The van der Waals surface area contributed by atoms with E-state index in [9.17, 15) is 19.8 Å². The predicted octanol–water partition coefficient (Wildman–Crippen LogP) is 2.27. The zero-order valence-electron chi connectivity index (χ0n) is 10.2.